The summed E-state index contributed by atoms with van der Waals surface area (Å²) in [6.45, 7) is 1.17. The van der Waals surface area contributed by atoms with Crippen LogP contribution in [0.4, 0.5) is 11.4 Å². The molecule has 3 N–H and O–H groups in total. The van der Waals surface area contributed by atoms with E-state index in [9.17, 15) is 0 Å². The first kappa shape index (κ1) is 13.1. The molecule has 0 spiro atoms. The average molecular weight is 245 g/mol. The number of nitrogens with two attached hydrogens (primary N) is 1. The van der Waals surface area contributed by atoms with E-state index in [1.165, 1.54) is 0 Å². The summed E-state index contributed by atoms with van der Waals surface area (Å²) in [5, 5.41) is 3.79. The van der Waals surface area contributed by atoms with Crippen molar-refractivity contribution in [3.63, 3.8) is 0 Å². The summed E-state index contributed by atoms with van der Waals surface area (Å²) in [4.78, 5) is 0. The molecule has 1 aromatic rings. The number of benzene rings is 1. The summed E-state index contributed by atoms with van der Waals surface area (Å²) < 4.78 is 10.2. The normalized spacial score (nSPS) is 12.4. The van der Waals surface area contributed by atoms with Gasteiger partial charge in [-0.05, 0) is 18.2 Å². The SMILES string of the molecule is COCC(CNc1ccc(N)cc1Cl)OC. The van der Waals surface area contributed by atoms with E-state index in [0.29, 0.717) is 23.9 Å². The van der Waals surface area contributed by atoms with E-state index in [-0.39, 0.29) is 6.10 Å². The number of hydrogen-bond acceptors (Lipinski definition) is 4. The Kier molecular flexibility index (Phi) is 5.38. The van der Waals surface area contributed by atoms with Gasteiger partial charge in [0.15, 0.2) is 0 Å². The van der Waals surface area contributed by atoms with Crippen molar-refractivity contribution in [2.45, 2.75) is 6.10 Å². The molecule has 1 rings (SSSR count). The summed E-state index contributed by atoms with van der Waals surface area (Å²) in [6.07, 6.45) is -0.00128. The molecule has 0 aromatic heterocycles. The van der Waals surface area contributed by atoms with Crippen molar-refractivity contribution in [1.82, 2.24) is 0 Å². The van der Waals surface area contributed by atoms with Crippen molar-refractivity contribution in [3.05, 3.63) is 23.2 Å². The topological polar surface area (TPSA) is 56.5 Å². The number of methoxy groups -OCH3 is 2. The van der Waals surface area contributed by atoms with Crippen LogP contribution in [-0.4, -0.2) is 33.5 Å². The molecule has 0 saturated heterocycles. The van der Waals surface area contributed by atoms with E-state index in [2.05, 4.69) is 5.32 Å². The molecule has 0 heterocycles. The van der Waals surface area contributed by atoms with E-state index >= 15 is 0 Å². The van der Waals surface area contributed by atoms with Crippen LogP contribution in [0.15, 0.2) is 18.2 Å². The lowest BCUT2D eigenvalue weighted by molar-refractivity contribution is 0.0365. The van der Waals surface area contributed by atoms with E-state index in [0.717, 1.165) is 5.69 Å². The minimum absolute atomic E-state index is 0.00128. The van der Waals surface area contributed by atoms with E-state index in [4.69, 9.17) is 26.8 Å². The second-order valence-corrected chi connectivity index (χ2v) is 3.84. The Morgan fingerprint density at radius 3 is 2.75 bits per heavy atom. The summed E-state index contributed by atoms with van der Waals surface area (Å²) in [6, 6.07) is 5.35. The Labute approximate surface area is 101 Å². The zero-order valence-electron chi connectivity index (χ0n) is 9.50. The Morgan fingerprint density at radius 1 is 1.44 bits per heavy atom. The minimum Gasteiger partial charge on any atom is -0.399 e. The molecule has 0 bridgehead atoms. The molecule has 0 amide bonds. The molecular formula is C11H17ClN2O2. The third-order valence-corrected chi connectivity index (χ3v) is 2.51. The third kappa shape index (κ3) is 3.89. The van der Waals surface area contributed by atoms with Gasteiger partial charge < -0.3 is 20.5 Å². The lowest BCUT2D eigenvalue weighted by Gasteiger charge is -2.16. The third-order valence-electron chi connectivity index (χ3n) is 2.20. The van der Waals surface area contributed by atoms with Crippen LogP contribution in [0.2, 0.25) is 5.02 Å². The fraction of sp³-hybridized carbons (Fsp3) is 0.455. The van der Waals surface area contributed by atoms with Crippen LogP contribution in [-0.2, 0) is 9.47 Å². The van der Waals surface area contributed by atoms with Crippen molar-refractivity contribution in [3.8, 4) is 0 Å². The van der Waals surface area contributed by atoms with Gasteiger partial charge in [0.1, 0.15) is 0 Å². The second kappa shape index (κ2) is 6.58. The van der Waals surface area contributed by atoms with Crippen LogP contribution >= 0.6 is 11.6 Å². The number of nitrogen functional groups attached to an aromatic ring is 1. The molecule has 0 radical (unpaired) electrons. The first-order valence-corrected chi connectivity index (χ1v) is 5.35. The maximum Gasteiger partial charge on any atom is 0.0976 e. The summed E-state index contributed by atoms with van der Waals surface area (Å²) in [5.74, 6) is 0. The molecule has 0 saturated carbocycles. The summed E-state index contributed by atoms with van der Waals surface area (Å²) in [5.41, 5.74) is 7.09. The van der Waals surface area contributed by atoms with Crippen molar-refractivity contribution >= 4 is 23.0 Å². The first-order valence-electron chi connectivity index (χ1n) is 4.98. The van der Waals surface area contributed by atoms with Gasteiger partial charge in [-0.1, -0.05) is 11.6 Å². The lowest BCUT2D eigenvalue weighted by Crippen LogP contribution is -2.26. The highest BCUT2D eigenvalue weighted by atomic mass is 35.5. The average Bonchev–Trinajstić information content (AvgIpc) is 2.26. The van der Waals surface area contributed by atoms with Gasteiger partial charge in [-0.15, -0.1) is 0 Å². The Bertz CT molecular complexity index is 334. The number of nitrogens with one attached hydrogen (secondary N) is 1. The Hall–Kier alpha value is -0.970. The van der Waals surface area contributed by atoms with E-state index in [1.54, 1.807) is 26.4 Å². The molecule has 4 nitrogen and oxygen atoms in total. The van der Waals surface area contributed by atoms with Crippen molar-refractivity contribution < 1.29 is 9.47 Å². The lowest BCUT2D eigenvalue weighted by atomic mass is 10.2. The smallest absolute Gasteiger partial charge is 0.0976 e. The molecule has 0 aliphatic heterocycles. The number of hydrogen-bond donors (Lipinski definition) is 2. The monoisotopic (exact) mass is 244 g/mol. The molecule has 1 aromatic carbocycles. The van der Waals surface area contributed by atoms with Gasteiger partial charge in [0.05, 0.1) is 23.4 Å². The van der Waals surface area contributed by atoms with Gasteiger partial charge in [0, 0.05) is 26.5 Å². The zero-order valence-corrected chi connectivity index (χ0v) is 10.3. The van der Waals surface area contributed by atoms with Gasteiger partial charge in [-0.3, -0.25) is 0 Å². The summed E-state index contributed by atoms with van der Waals surface area (Å²) >= 11 is 6.02. The molecule has 1 atom stereocenters. The maximum atomic E-state index is 6.02. The zero-order chi connectivity index (χ0) is 12.0. The predicted molar refractivity (Wildman–Crippen MR) is 67.0 cm³/mol. The van der Waals surface area contributed by atoms with Crippen LogP contribution in [0.5, 0.6) is 0 Å². The standard InChI is InChI=1S/C11H17ClN2O2/c1-15-7-9(16-2)6-14-11-4-3-8(13)5-10(11)12/h3-5,9,14H,6-7,13H2,1-2H3. The van der Waals surface area contributed by atoms with Crippen molar-refractivity contribution in [2.24, 2.45) is 0 Å². The number of ether oxygens (including phenoxy) is 2. The summed E-state index contributed by atoms with van der Waals surface area (Å²) in [7, 11) is 3.29. The molecule has 5 heteroatoms. The van der Waals surface area contributed by atoms with Crippen LogP contribution in [0.1, 0.15) is 0 Å². The van der Waals surface area contributed by atoms with Gasteiger partial charge in [0.25, 0.3) is 0 Å². The van der Waals surface area contributed by atoms with Crippen LogP contribution in [0, 0.1) is 0 Å². The van der Waals surface area contributed by atoms with Gasteiger partial charge in [-0.2, -0.15) is 0 Å². The highest BCUT2D eigenvalue weighted by Gasteiger charge is 2.07. The quantitative estimate of drug-likeness (QED) is 0.752. The molecular weight excluding hydrogens is 228 g/mol. The predicted octanol–water partition coefficient (Wildman–Crippen LogP) is 2.00. The molecule has 0 aliphatic carbocycles. The van der Waals surface area contributed by atoms with Crippen LogP contribution in [0.3, 0.4) is 0 Å². The molecule has 0 aliphatic rings. The highest BCUT2D eigenvalue weighted by Crippen LogP contribution is 2.23. The van der Waals surface area contributed by atoms with E-state index in [1.807, 2.05) is 6.07 Å². The fourth-order valence-corrected chi connectivity index (χ4v) is 1.55. The Morgan fingerprint density at radius 2 is 2.19 bits per heavy atom. The highest BCUT2D eigenvalue weighted by molar-refractivity contribution is 6.33. The van der Waals surface area contributed by atoms with Gasteiger partial charge in [0.2, 0.25) is 0 Å². The maximum absolute atomic E-state index is 6.02. The number of halogens is 1. The van der Waals surface area contributed by atoms with Gasteiger partial charge >= 0.3 is 0 Å². The van der Waals surface area contributed by atoms with Crippen LogP contribution < -0.4 is 11.1 Å². The largest absolute Gasteiger partial charge is 0.399 e. The van der Waals surface area contributed by atoms with E-state index < -0.39 is 0 Å². The molecule has 16 heavy (non-hydrogen) atoms. The molecule has 0 fully saturated rings. The number of rotatable bonds is 6. The fourth-order valence-electron chi connectivity index (χ4n) is 1.29. The van der Waals surface area contributed by atoms with Gasteiger partial charge in [-0.25, -0.2) is 0 Å². The van der Waals surface area contributed by atoms with Crippen LogP contribution in [0.25, 0.3) is 0 Å². The minimum atomic E-state index is -0.00128. The number of anilines is 2. The van der Waals surface area contributed by atoms with Crippen molar-refractivity contribution in [1.29, 1.82) is 0 Å². The first-order chi connectivity index (χ1) is 7.67. The molecule has 1 unspecified atom stereocenters. The molecule has 90 valence electrons. The Balaban J connectivity index is 2.53. The second-order valence-electron chi connectivity index (χ2n) is 3.43. The van der Waals surface area contributed by atoms with Crippen molar-refractivity contribution in [2.75, 3.05) is 38.4 Å².